The van der Waals surface area contributed by atoms with E-state index in [0.29, 0.717) is 5.69 Å². The Labute approximate surface area is 123 Å². The van der Waals surface area contributed by atoms with Gasteiger partial charge in [0.05, 0.1) is 0 Å². The molecule has 1 rings (SSSR count). The highest BCUT2D eigenvalue weighted by Crippen LogP contribution is 1.95. The monoisotopic (exact) mass is 294 g/mol. The second-order valence-corrected chi connectivity index (χ2v) is 4.91. The Bertz CT molecular complexity index is 553. The fourth-order valence-corrected chi connectivity index (χ4v) is 1.65. The maximum Gasteiger partial charge on any atom is 0.251 e. The molecule has 1 atom stereocenters. The number of carbonyl (C=O) groups is 2. The van der Waals surface area contributed by atoms with Crippen molar-refractivity contribution in [1.82, 2.24) is 15.2 Å². The number of carbonyl (C=O) groups excluding carboxylic acids is 2. The van der Waals surface area contributed by atoms with Gasteiger partial charge in [-0.15, -0.1) is 0 Å². The first-order chi connectivity index (χ1) is 9.92. The van der Waals surface area contributed by atoms with Crippen LogP contribution in [0.2, 0.25) is 0 Å². The van der Waals surface area contributed by atoms with Crippen molar-refractivity contribution in [3.05, 3.63) is 28.7 Å². The third-order valence-corrected chi connectivity index (χ3v) is 3.01. The van der Waals surface area contributed by atoms with Crippen LogP contribution in [0.5, 0.6) is 0 Å². The first kappa shape index (κ1) is 16.7. The van der Waals surface area contributed by atoms with Crippen LogP contribution >= 0.6 is 0 Å². The minimum Gasteiger partial charge on any atom is -0.398 e. The van der Waals surface area contributed by atoms with E-state index in [2.05, 4.69) is 10.6 Å². The van der Waals surface area contributed by atoms with Crippen molar-refractivity contribution < 1.29 is 9.59 Å². The van der Waals surface area contributed by atoms with Gasteiger partial charge in [-0.25, -0.2) is 0 Å². The number of rotatable bonds is 7. The molecule has 0 bridgehead atoms. The molecule has 116 valence electrons. The van der Waals surface area contributed by atoms with Gasteiger partial charge in [-0.05, 0) is 19.4 Å². The summed E-state index contributed by atoms with van der Waals surface area (Å²) in [5.41, 5.74) is 5.67. The lowest BCUT2D eigenvalue weighted by molar-refractivity contribution is -0.122. The molecule has 1 unspecified atom stereocenters. The zero-order chi connectivity index (χ0) is 15.8. The molecule has 0 saturated heterocycles. The molecule has 1 heterocycles. The van der Waals surface area contributed by atoms with Gasteiger partial charge >= 0.3 is 0 Å². The van der Waals surface area contributed by atoms with E-state index >= 15 is 0 Å². The van der Waals surface area contributed by atoms with Crippen LogP contribution in [0.4, 0.5) is 5.69 Å². The number of amides is 2. The number of aromatic nitrogens is 1. The Morgan fingerprint density at radius 3 is 2.71 bits per heavy atom. The molecule has 0 radical (unpaired) electrons. The molecule has 1 aromatic rings. The Hall–Kier alpha value is -2.31. The number of nitrogen functional groups attached to an aromatic ring is 1. The van der Waals surface area contributed by atoms with Crippen molar-refractivity contribution in [3.63, 3.8) is 0 Å². The lowest BCUT2D eigenvalue weighted by Crippen LogP contribution is -2.37. The van der Waals surface area contributed by atoms with Gasteiger partial charge in [0.25, 0.3) is 5.56 Å². The molecule has 2 amide bonds. The van der Waals surface area contributed by atoms with Gasteiger partial charge < -0.3 is 20.9 Å². The molecule has 1 aromatic heterocycles. The molecule has 0 fully saturated rings. The summed E-state index contributed by atoms with van der Waals surface area (Å²) in [5, 5.41) is 5.41. The molecule has 0 aliphatic heterocycles. The predicted molar refractivity (Wildman–Crippen MR) is 80.6 cm³/mol. The largest absolute Gasteiger partial charge is 0.398 e. The number of hydrogen-bond acceptors (Lipinski definition) is 4. The topological polar surface area (TPSA) is 106 Å². The number of nitrogens with one attached hydrogen (secondary N) is 2. The van der Waals surface area contributed by atoms with Gasteiger partial charge in [0.15, 0.2) is 0 Å². The Morgan fingerprint density at radius 2 is 2.05 bits per heavy atom. The molecule has 0 aliphatic carbocycles. The van der Waals surface area contributed by atoms with Crippen LogP contribution < -0.4 is 21.9 Å². The second kappa shape index (κ2) is 8.08. The number of anilines is 1. The van der Waals surface area contributed by atoms with Gasteiger partial charge in [0.2, 0.25) is 11.8 Å². The summed E-state index contributed by atoms with van der Waals surface area (Å²) in [7, 11) is 0. The zero-order valence-electron chi connectivity index (χ0n) is 12.4. The van der Waals surface area contributed by atoms with Crippen molar-refractivity contribution >= 4 is 17.5 Å². The molecule has 7 nitrogen and oxygen atoms in total. The summed E-state index contributed by atoms with van der Waals surface area (Å²) >= 11 is 0. The van der Waals surface area contributed by atoms with E-state index in [1.807, 2.05) is 13.8 Å². The minimum absolute atomic E-state index is 0.106. The Morgan fingerprint density at radius 1 is 1.33 bits per heavy atom. The highest BCUT2D eigenvalue weighted by atomic mass is 16.2. The summed E-state index contributed by atoms with van der Waals surface area (Å²) in [4.78, 5) is 34.7. The van der Waals surface area contributed by atoms with E-state index in [1.54, 1.807) is 0 Å². The maximum absolute atomic E-state index is 11.7. The molecule has 21 heavy (non-hydrogen) atoms. The van der Waals surface area contributed by atoms with E-state index < -0.39 is 0 Å². The molecular weight excluding hydrogens is 272 g/mol. The summed E-state index contributed by atoms with van der Waals surface area (Å²) in [6, 6.07) is 2.91. The summed E-state index contributed by atoms with van der Waals surface area (Å²) < 4.78 is 1.23. The quantitative estimate of drug-likeness (QED) is 0.650. The lowest BCUT2D eigenvalue weighted by atomic mass is 10.2. The molecule has 0 aliphatic rings. The van der Waals surface area contributed by atoms with Gasteiger partial charge in [0.1, 0.15) is 6.54 Å². The SMILES string of the molecule is CCC(C)NC(=O)CCNC(=O)Cn1cc(N)ccc1=O. The van der Waals surface area contributed by atoms with Gasteiger partial charge in [-0.2, -0.15) is 0 Å². The third kappa shape index (κ3) is 6.11. The highest BCUT2D eigenvalue weighted by Gasteiger charge is 2.07. The number of nitrogens with two attached hydrogens (primary N) is 1. The van der Waals surface area contributed by atoms with E-state index in [1.165, 1.54) is 22.9 Å². The normalized spacial score (nSPS) is 11.7. The first-order valence-corrected chi connectivity index (χ1v) is 6.94. The fourth-order valence-electron chi connectivity index (χ4n) is 1.65. The van der Waals surface area contributed by atoms with Gasteiger partial charge in [0, 0.05) is 37.0 Å². The van der Waals surface area contributed by atoms with Crippen LogP contribution in [0.1, 0.15) is 26.7 Å². The fraction of sp³-hybridized carbons (Fsp3) is 0.500. The van der Waals surface area contributed by atoms with Crippen molar-refractivity contribution in [2.24, 2.45) is 0 Å². The molecule has 0 spiro atoms. The van der Waals surface area contributed by atoms with Crippen LogP contribution in [-0.2, 0) is 16.1 Å². The number of hydrogen-bond donors (Lipinski definition) is 3. The van der Waals surface area contributed by atoms with E-state index in [9.17, 15) is 14.4 Å². The average Bonchev–Trinajstić information content (AvgIpc) is 2.42. The summed E-state index contributed by atoms with van der Waals surface area (Å²) in [6.45, 7) is 4.02. The summed E-state index contributed by atoms with van der Waals surface area (Å²) in [6.07, 6.45) is 2.48. The van der Waals surface area contributed by atoms with E-state index in [-0.39, 0.29) is 42.9 Å². The van der Waals surface area contributed by atoms with Crippen molar-refractivity contribution in [1.29, 1.82) is 0 Å². The number of nitrogens with zero attached hydrogens (tertiary/aromatic N) is 1. The van der Waals surface area contributed by atoms with Crippen molar-refractivity contribution in [2.75, 3.05) is 12.3 Å². The summed E-state index contributed by atoms with van der Waals surface area (Å²) in [5.74, 6) is -0.440. The van der Waals surface area contributed by atoms with Crippen molar-refractivity contribution in [3.8, 4) is 0 Å². The van der Waals surface area contributed by atoms with Crippen LogP contribution in [0, 0.1) is 0 Å². The minimum atomic E-state index is -0.334. The lowest BCUT2D eigenvalue weighted by Gasteiger charge is -2.11. The smallest absolute Gasteiger partial charge is 0.251 e. The Balaban J connectivity index is 2.36. The molecular formula is C14H22N4O3. The molecule has 0 aromatic carbocycles. The van der Waals surface area contributed by atoms with Crippen LogP contribution in [-0.4, -0.2) is 29.0 Å². The molecule has 7 heteroatoms. The van der Waals surface area contributed by atoms with E-state index in [0.717, 1.165) is 6.42 Å². The van der Waals surface area contributed by atoms with Crippen LogP contribution in [0.15, 0.2) is 23.1 Å². The zero-order valence-corrected chi connectivity index (χ0v) is 12.4. The molecule has 4 N–H and O–H groups in total. The Kier molecular flexibility index (Phi) is 6.45. The molecule has 0 saturated carbocycles. The van der Waals surface area contributed by atoms with Gasteiger partial charge in [-0.1, -0.05) is 6.92 Å². The third-order valence-electron chi connectivity index (χ3n) is 3.01. The van der Waals surface area contributed by atoms with Crippen LogP contribution in [0.25, 0.3) is 0 Å². The number of pyridine rings is 1. The van der Waals surface area contributed by atoms with Gasteiger partial charge in [-0.3, -0.25) is 14.4 Å². The predicted octanol–water partition coefficient (Wildman–Crippen LogP) is -0.148. The highest BCUT2D eigenvalue weighted by molar-refractivity contribution is 5.79. The standard InChI is InChI=1S/C14H22N4O3/c1-3-10(2)17-12(19)6-7-16-13(20)9-18-8-11(15)4-5-14(18)21/h4-5,8,10H,3,6-7,9,15H2,1-2H3,(H,16,20)(H,17,19). The average molecular weight is 294 g/mol. The van der Waals surface area contributed by atoms with Crippen LogP contribution in [0.3, 0.4) is 0 Å². The second-order valence-electron chi connectivity index (χ2n) is 4.91. The van der Waals surface area contributed by atoms with E-state index in [4.69, 9.17) is 5.73 Å². The van der Waals surface area contributed by atoms with Crippen molar-refractivity contribution in [2.45, 2.75) is 39.3 Å². The first-order valence-electron chi connectivity index (χ1n) is 6.94. The maximum atomic E-state index is 11.7.